The molecule has 2 aromatic carbocycles. The molecule has 14 heteroatoms. The summed E-state index contributed by atoms with van der Waals surface area (Å²) in [4.78, 5) is 26.2. The molecule has 4 heterocycles. The zero-order valence-corrected chi connectivity index (χ0v) is 27.1. The number of rotatable bonds is 9. The Morgan fingerprint density at radius 3 is 2.47 bits per heavy atom. The van der Waals surface area contributed by atoms with E-state index in [2.05, 4.69) is 68.5 Å². The number of methoxy groups -OCH3 is 1. The Kier molecular flexibility index (Phi) is 8.10. The number of aromatic amines is 1. The van der Waals surface area contributed by atoms with Gasteiger partial charge in [0, 0.05) is 56.5 Å². The van der Waals surface area contributed by atoms with Crippen molar-refractivity contribution < 1.29 is 13.2 Å². The van der Waals surface area contributed by atoms with E-state index >= 15 is 0 Å². The monoisotopic (exact) mass is 630 g/mol. The molecule has 0 atom stereocenters. The third-order valence-corrected chi connectivity index (χ3v) is 9.57. The number of aromatic nitrogens is 5. The molecule has 1 saturated heterocycles. The molecule has 0 spiro atoms. The van der Waals surface area contributed by atoms with Gasteiger partial charge in [-0.05, 0) is 63.7 Å². The SMILES string of the molecule is COc1cc(N2CCC(N(C)C)CC2)c(C)cc1Nc1nc(Nc2ccc3nccnc3c2N(C)S(C)(=O)=O)c2cc[nH]c2n1. The van der Waals surface area contributed by atoms with Gasteiger partial charge in [-0.15, -0.1) is 0 Å². The summed E-state index contributed by atoms with van der Waals surface area (Å²) >= 11 is 0. The molecule has 45 heavy (non-hydrogen) atoms. The average molecular weight is 631 g/mol. The first kappa shape index (κ1) is 30.3. The molecular formula is C31H38N10O3S. The molecule has 5 aromatic rings. The van der Waals surface area contributed by atoms with Gasteiger partial charge in [0.05, 0.1) is 35.6 Å². The number of aryl methyl sites for hydroxylation is 1. The first-order chi connectivity index (χ1) is 21.5. The molecule has 0 radical (unpaired) electrons. The highest BCUT2D eigenvalue weighted by atomic mass is 32.2. The van der Waals surface area contributed by atoms with Crippen LogP contribution in [0, 0.1) is 6.92 Å². The van der Waals surface area contributed by atoms with Gasteiger partial charge >= 0.3 is 0 Å². The maximum absolute atomic E-state index is 12.7. The van der Waals surface area contributed by atoms with Gasteiger partial charge in [0.1, 0.15) is 28.4 Å². The number of hydrogen-bond donors (Lipinski definition) is 3. The summed E-state index contributed by atoms with van der Waals surface area (Å²) in [6.07, 6.45) is 8.26. The van der Waals surface area contributed by atoms with Crippen LogP contribution in [0.3, 0.4) is 0 Å². The van der Waals surface area contributed by atoms with Crippen molar-refractivity contribution in [2.75, 3.05) is 67.4 Å². The Morgan fingerprint density at radius 2 is 1.76 bits per heavy atom. The van der Waals surface area contributed by atoms with Crippen LogP contribution in [0.1, 0.15) is 18.4 Å². The molecule has 1 fully saturated rings. The van der Waals surface area contributed by atoms with Gasteiger partial charge in [0.15, 0.2) is 0 Å². The summed E-state index contributed by atoms with van der Waals surface area (Å²) in [6, 6.07) is 10.1. The van der Waals surface area contributed by atoms with Gasteiger partial charge in [-0.3, -0.25) is 14.3 Å². The topological polar surface area (TPSA) is 144 Å². The van der Waals surface area contributed by atoms with Crippen molar-refractivity contribution in [2.45, 2.75) is 25.8 Å². The lowest BCUT2D eigenvalue weighted by Crippen LogP contribution is -2.42. The highest BCUT2D eigenvalue weighted by molar-refractivity contribution is 7.92. The standard InChI is InChI=1S/C31H38N10O3S/c1-19-17-24(26(44-5)18-25(19)41-15-10-20(11-16-41)39(2)3)36-31-37-29-21(9-12-34-29)30(38-31)35-23-8-7-22-27(33-14-13-32-22)28(23)40(4)45(6,42)43/h7-9,12-14,17-18,20H,10-11,15-16H2,1-6H3,(H3,34,35,36,37,38). The summed E-state index contributed by atoms with van der Waals surface area (Å²) < 4.78 is 32.3. The van der Waals surface area contributed by atoms with Crippen LogP contribution < -0.4 is 24.6 Å². The molecule has 0 saturated carbocycles. The molecule has 1 aliphatic rings. The van der Waals surface area contributed by atoms with Gasteiger partial charge in [-0.1, -0.05) is 0 Å². The second-order valence-corrected chi connectivity index (χ2v) is 13.5. The average Bonchev–Trinajstić information content (AvgIpc) is 3.49. The second-order valence-electron chi connectivity index (χ2n) is 11.5. The van der Waals surface area contributed by atoms with E-state index in [0.717, 1.165) is 54.5 Å². The summed E-state index contributed by atoms with van der Waals surface area (Å²) in [7, 11) is 3.82. The number of hydrogen-bond acceptors (Lipinski definition) is 11. The van der Waals surface area contributed by atoms with Crippen LogP contribution in [0.2, 0.25) is 0 Å². The van der Waals surface area contributed by atoms with Crippen LogP contribution in [-0.2, 0) is 10.0 Å². The molecule has 3 N–H and O–H groups in total. The Morgan fingerprint density at radius 1 is 1.00 bits per heavy atom. The zero-order valence-electron chi connectivity index (χ0n) is 26.3. The van der Waals surface area contributed by atoms with Crippen molar-refractivity contribution in [2.24, 2.45) is 0 Å². The number of benzene rings is 2. The number of piperidine rings is 1. The number of fused-ring (bicyclic) bond motifs is 2. The quantitative estimate of drug-likeness (QED) is 0.210. The van der Waals surface area contributed by atoms with E-state index in [4.69, 9.17) is 14.7 Å². The lowest BCUT2D eigenvalue weighted by Gasteiger charge is -2.37. The van der Waals surface area contributed by atoms with E-state index in [0.29, 0.717) is 51.6 Å². The molecule has 13 nitrogen and oxygen atoms in total. The molecule has 1 aliphatic heterocycles. The summed E-state index contributed by atoms with van der Waals surface area (Å²) in [5, 5.41) is 7.43. The van der Waals surface area contributed by atoms with Crippen molar-refractivity contribution in [3.8, 4) is 5.75 Å². The second kappa shape index (κ2) is 12.0. The smallest absolute Gasteiger partial charge is 0.232 e. The Balaban J connectivity index is 1.35. The van der Waals surface area contributed by atoms with Crippen molar-refractivity contribution in [3.05, 3.63) is 54.5 Å². The maximum atomic E-state index is 12.7. The van der Waals surface area contributed by atoms with Gasteiger partial charge in [0.25, 0.3) is 0 Å². The van der Waals surface area contributed by atoms with E-state index in [1.807, 2.05) is 6.07 Å². The van der Waals surface area contributed by atoms with Gasteiger partial charge in [-0.25, -0.2) is 8.42 Å². The fourth-order valence-corrected chi connectivity index (χ4v) is 6.37. The van der Waals surface area contributed by atoms with Crippen molar-refractivity contribution in [3.63, 3.8) is 0 Å². The van der Waals surface area contributed by atoms with Crippen LogP contribution in [0.25, 0.3) is 22.1 Å². The van der Waals surface area contributed by atoms with Crippen LogP contribution in [0.4, 0.5) is 34.5 Å². The summed E-state index contributed by atoms with van der Waals surface area (Å²) in [5.74, 6) is 1.50. The molecule has 0 unspecified atom stereocenters. The molecule has 0 bridgehead atoms. The molecule has 236 valence electrons. The lowest BCUT2D eigenvalue weighted by atomic mass is 10.0. The minimum atomic E-state index is -3.62. The molecule has 0 amide bonds. The normalized spacial score (nSPS) is 14.3. The first-order valence-electron chi connectivity index (χ1n) is 14.7. The van der Waals surface area contributed by atoms with Gasteiger partial charge in [-0.2, -0.15) is 9.97 Å². The molecule has 3 aromatic heterocycles. The van der Waals surface area contributed by atoms with Crippen LogP contribution in [0.15, 0.2) is 48.9 Å². The minimum Gasteiger partial charge on any atom is -0.494 e. The number of sulfonamides is 1. The third-order valence-electron chi connectivity index (χ3n) is 8.39. The predicted molar refractivity (Wildman–Crippen MR) is 180 cm³/mol. The number of anilines is 6. The van der Waals surface area contributed by atoms with Crippen LogP contribution >= 0.6 is 0 Å². The lowest BCUT2D eigenvalue weighted by molar-refractivity contribution is 0.249. The van der Waals surface area contributed by atoms with Crippen molar-refractivity contribution in [1.29, 1.82) is 0 Å². The molecular weight excluding hydrogens is 592 g/mol. The predicted octanol–water partition coefficient (Wildman–Crippen LogP) is 4.63. The van der Waals surface area contributed by atoms with Crippen molar-refractivity contribution >= 4 is 66.6 Å². The molecule has 0 aliphatic carbocycles. The largest absolute Gasteiger partial charge is 0.494 e. The van der Waals surface area contributed by atoms with Crippen LogP contribution in [-0.4, -0.2) is 91.9 Å². The van der Waals surface area contributed by atoms with Crippen molar-refractivity contribution in [1.82, 2.24) is 29.8 Å². The van der Waals surface area contributed by atoms with E-state index in [1.54, 1.807) is 31.6 Å². The highest BCUT2D eigenvalue weighted by Gasteiger charge is 2.24. The maximum Gasteiger partial charge on any atom is 0.232 e. The summed E-state index contributed by atoms with van der Waals surface area (Å²) in [5.41, 5.74) is 5.48. The first-order valence-corrected chi connectivity index (χ1v) is 16.5. The van der Waals surface area contributed by atoms with Gasteiger partial charge in [0.2, 0.25) is 16.0 Å². The Bertz CT molecular complexity index is 1970. The number of ether oxygens (including phenoxy) is 1. The fourth-order valence-electron chi connectivity index (χ4n) is 5.86. The van der Waals surface area contributed by atoms with E-state index in [9.17, 15) is 8.42 Å². The van der Waals surface area contributed by atoms with Crippen LogP contribution in [0.5, 0.6) is 5.75 Å². The minimum absolute atomic E-state index is 0.336. The molecule has 6 rings (SSSR count). The Hall–Kier alpha value is -4.69. The third kappa shape index (κ3) is 6.02. The highest BCUT2D eigenvalue weighted by Crippen LogP contribution is 2.38. The van der Waals surface area contributed by atoms with E-state index < -0.39 is 10.0 Å². The Labute approximate surface area is 262 Å². The number of nitrogens with zero attached hydrogens (tertiary/aromatic N) is 7. The van der Waals surface area contributed by atoms with Gasteiger partial charge < -0.3 is 30.2 Å². The van der Waals surface area contributed by atoms with E-state index in [1.165, 1.54) is 17.5 Å². The summed E-state index contributed by atoms with van der Waals surface area (Å²) in [6.45, 7) is 4.07. The number of nitrogens with one attached hydrogen (secondary N) is 3. The zero-order chi connectivity index (χ0) is 31.9. The number of H-pyrrole nitrogens is 1. The fraction of sp³-hybridized carbons (Fsp3) is 0.355. The van der Waals surface area contributed by atoms with E-state index in [-0.39, 0.29) is 0 Å².